The molecule has 7 rings (SSSR count). The van der Waals surface area contributed by atoms with E-state index in [1.54, 1.807) is 11.8 Å². The molecular weight excluding hydrogens is 981 g/mol. The van der Waals surface area contributed by atoms with Crippen LogP contribution in [-0.2, 0) is 40.7 Å². The lowest BCUT2D eigenvalue weighted by Gasteiger charge is -2.21. The van der Waals surface area contributed by atoms with Crippen LogP contribution >= 0.6 is 11.8 Å². The van der Waals surface area contributed by atoms with Crippen LogP contribution in [-0.4, -0.2) is 120 Å². The van der Waals surface area contributed by atoms with Crippen molar-refractivity contribution in [2.75, 3.05) is 83.3 Å². The molecule has 4 aromatic carbocycles. The third-order valence-electron chi connectivity index (χ3n) is 11.9. The Hall–Kier alpha value is -7.58. The first-order chi connectivity index (χ1) is 35.6. The Balaban J connectivity index is 0.778. The van der Waals surface area contributed by atoms with Crippen molar-refractivity contribution in [3.05, 3.63) is 161 Å². The molecule has 74 heavy (non-hydrogen) atoms. The van der Waals surface area contributed by atoms with Gasteiger partial charge in [0.25, 0.3) is 5.91 Å². The zero-order valence-corrected chi connectivity index (χ0v) is 43.5. The molecule has 1 aromatic heterocycles. The highest BCUT2D eigenvalue weighted by molar-refractivity contribution is 8.03. The Kier molecular flexibility index (Phi) is 19.0. The Morgan fingerprint density at radius 3 is 2.18 bits per heavy atom. The monoisotopic (exact) mass is 1040 g/mol. The van der Waals surface area contributed by atoms with Gasteiger partial charge in [-0.15, -0.1) is 0 Å². The van der Waals surface area contributed by atoms with Crippen molar-refractivity contribution in [1.82, 2.24) is 21.3 Å². The number of allylic oxidation sites excluding steroid dienone is 5. The molecule has 0 radical (unpaired) electrons. The van der Waals surface area contributed by atoms with E-state index in [1.165, 1.54) is 0 Å². The molecule has 0 saturated carbocycles. The number of pyridine rings is 1. The van der Waals surface area contributed by atoms with Gasteiger partial charge in [0, 0.05) is 67.8 Å². The van der Waals surface area contributed by atoms with E-state index in [4.69, 9.17) is 9.47 Å². The summed E-state index contributed by atoms with van der Waals surface area (Å²) < 4.78 is 49.1. The fourth-order valence-corrected chi connectivity index (χ4v) is 9.69. The summed E-state index contributed by atoms with van der Waals surface area (Å²) >= 11 is 1.56. The number of para-hydroxylation sites is 2. The number of aromatic nitrogens is 1. The molecule has 2 heterocycles. The van der Waals surface area contributed by atoms with Crippen molar-refractivity contribution in [2.45, 2.75) is 30.8 Å². The predicted octanol–water partition coefficient (Wildman–Crippen LogP) is 4.94. The number of ether oxygens (including phenoxy) is 2. The fraction of sp³-hybridized carbons (Fsp3) is 0.273. The van der Waals surface area contributed by atoms with Crippen LogP contribution in [0.5, 0.6) is 5.75 Å². The van der Waals surface area contributed by atoms with Gasteiger partial charge in [-0.2, -0.15) is 4.57 Å². The first kappa shape index (κ1) is 54.2. The molecule has 0 unspecified atom stereocenters. The highest BCUT2D eigenvalue weighted by Crippen LogP contribution is 2.47. The molecule has 0 spiro atoms. The first-order valence-corrected chi connectivity index (χ1v) is 26.4. The second-order valence-corrected chi connectivity index (χ2v) is 20.3. The van der Waals surface area contributed by atoms with Gasteiger partial charge in [0.05, 0.1) is 52.5 Å². The Labute approximate surface area is 436 Å². The highest BCUT2D eigenvalue weighted by Gasteiger charge is 2.26. The number of benzene rings is 4. The number of nitrogens with one attached hydrogen (secondary N) is 4. The van der Waals surface area contributed by atoms with E-state index in [0.717, 1.165) is 65.8 Å². The van der Waals surface area contributed by atoms with Crippen LogP contribution in [0.1, 0.15) is 36.0 Å². The van der Waals surface area contributed by atoms with Crippen LogP contribution in [0.4, 0.5) is 11.4 Å². The number of carbonyl (C=O) groups excluding carboxylic acids is 4. The first-order valence-electron chi connectivity index (χ1n) is 24.0. The van der Waals surface area contributed by atoms with E-state index in [9.17, 15) is 32.1 Å². The zero-order valence-electron chi connectivity index (χ0n) is 41.8. The van der Waals surface area contributed by atoms with Crippen molar-refractivity contribution >= 4 is 85.1 Å². The fourth-order valence-electron chi connectivity index (χ4n) is 8.07. The number of carbonyl (C=O) groups is 4. The second kappa shape index (κ2) is 25.9. The van der Waals surface area contributed by atoms with E-state index in [1.807, 2.05) is 129 Å². The smallest absolute Gasteiger partial charge is 0.259 e. The van der Waals surface area contributed by atoms with Crippen molar-refractivity contribution in [1.29, 1.82) is 0 Å². The van der Waals surface area contributed by atoms with Crippen LogP contribution in [0.15, 0.2) is 149 Å². The summed E-state index contributed by atoms with van der Waals surface area (Å²) in [4.78, 5) is 55.3. The minimum absolute atomic E-state index is 0.0297. The van der Waals surface area contributed by atoms with E-state index in [-0.39, 0.29) is 58.5 Å². The van der Waals surface area contributed by atoms with Gasteiger partial charge in [-0.3, -0.25) is 19.2 Å². The van der Waals surface area contributed by atoms with Gasteiger partial charge in [-0.1, -0.05) is 60.3 Å². The van der Waals surface area contributed by atoms with E-state index in [0.29, 0.717) is 12.3 Å². The predicted molar refractivity (Wildman–Crippen MR) is 287 cm³/mol. The third-order valence-corrected chi connectivity index (χ3v) is 13.8. The summed E-state index contributed by atoms with van der Waals surface area (Å²) in [6.07, 6.45) is 12.1. The van der Waals surface area contributed by atoms with Gasteiger partial charge in [-0.25, -0.2) is 13.0 Å². The summed E-state index contributed by atoms with van der Waals surface area (Å²) in [5.74, 6) is -1.63. The quantitative estimate of drug-likeness (QED) is 0.0226. The number of hydrogen-bond donors (Lipinski definition) is 4. The van der Waals surface area contributed by atoms with Crippen molar-refractivity contribution in [3.8, 4) is 5.75 Å². The number of nitrogens with zero attached hydrogens (tertiary/aromatic N) is 4. The molecule has 2 aliphatic rings. The number of thioether (sulfide) groups is 1. The lowest BCUT2D eigenvalue weighted by molar-refractivity contribution is -0.674. The molecule has 17 nitrogen and oxygen atoms in total. The van der Waals surface area contributed by atoms with Gasteiger partial charge in [0.1, 0.15) is 26.3 Å². The van der Waals surface area contributed by atoms with E-state index >= 15 is 0 Å². The molecule has 386 valence electrons. The minimum Gasteiger partial charge on any atom is -0.748 e. The maximum absolute atomic E-state index is 12.8. The molecule has 0 bridgehead atoms. The van der Waals surface area contributed by atoms with Crippen LogP contribution < -0.4 is 40.4 Å². The standard InChI is InChI=1S/C55H60N8O9S2/c1-60(2)43-20-14-39(15-21-43)55(40-16-22-44(23-17-40)61(3)4)41-18-24-45(25-19-41)72-36-53(67)58-37-57-50(64)27-31-71-32-28-56-51(65)35-52(66)59-38-62-30-26-42(46-10-5-6-11-47(46)62)34-54-63(29-9-33-74(68,69)70)48-12-7-8-13-49(48)73-54/h5-8,10-26,30,34H,9,27-29,31-33,35-38H2,1-4H3,(H3-2,56,57,58,59,64,65,66,67,68,69,70)/p+1. The van der Waals surface area contributed by atoms with E-state index in [2.05, 4.69) is 79.3 Å². The van der Waals surface area contributed by atoms with Gasteiger partial charge < -0.3 is 45.1 Å². The maximum Gasteiger partial charge on any atom is 0.259 e. The molecule has 1 aliphatic carbocycles. The van der Waals surface area contributed by atoms with E-state index < -0.39 is 40.0 Å². The van der Waals surface area contributed by atoms with Crippen LogP contribution in [0.25, 0.3) is 22.6 Å². The van der Waals surface area contributed by atoms with Crippen LogP contribution in [0.3, 0.4) is 0 Å². The van der Waals surface area contributed by atoms with Crippen molar-refractivity contribution in [2.24, 2.45) is 0 Å². The lowest BCUT2D eigenvalue weighted by atomic mass is 9.90. The highest BCUT2D eigenvalue weighted by atomic mass is 32.2. The molecule has 0 saturated heterocycles. The molecule has 4 N–H and O–H groups in total. The second-order valence-electron chi connectivity index (χ2n) is 17.7. The van der Waals surface area contributed by atoms with Gasteiger partial charge >= 0.3 is 0 Å². The van der Waals surface area contributed by atoms with Gasteiger partial charge in [-0.05, 0) is 95.0 Å². The van der Waals surface area contributed by atoms with Crippen molar-refractivity contribution in [3.63, 3.8) is 0 Å². The number of hydrogen-bond acceptors (Lipinski definition) is 12. The molecule has 0 fully saturated rings. The third kappa shape index (κ3) is 15.5. The summed E-state index contributed by atoms with van der Waals surface area (Å²) in [5.41, 5.74) is 9.07. The molecule has 5 aromatic rings. The molecule has 19 heteroatoms. The number of rotatable bonds is 23. The lowest BCUT2D eigenvalue weighted by Crippen LogP contribution is -2.45. The van der Waals surface area contributed by atoms with Crippen molar-refractivity contribution < 1.29 is 50.8 Å². The van der Waals surface area contributed by atoms with Crippen LogP contribution in [0.2, 0.25) is 0 Å². The number of fused-ring (bicyclic) bond motifs is 2. The average Bonchev–Trinajstić information content (AvgIpc) is 3.73. The average molecular weight is 1040 g/mol. The zero-order chi connectivity index (χ0) is 52.6. The Bertz CT molecular complexity index is 3110. The molecule has 0 atom stereocenters. The Morgan fingerprint density at radius 2 is 1.46 bits per heavy atom. The number of amides is 4. The van der Waals surface area contributed by atoms with Crippen LogP contribution in [0, 0.1) is 0 Å². The largest absolute Gasteiger partial charge is 0.748 e. The van der Waals surface area contributed by atoms with Gasteiger partial charge in [0.15, 0.2) is 18.5 Å². The normalized spacial score (nSPS) is 13.4. The van der Waals surface area contributed by atoms with Gasteiger partial charge in [0.2, 0.25) is 29.9 Å². The SMILES string of the molecule is CN(C)c1ccc(C(=C2C=CC(=[N+](C)C)C=C2)c2ccc(OCC(=O)NCNC(=O)CCOCCNC(=O)CC(=O)NC[n+]3ccc(/C=C4\Sc5ccccc5N4CCCS(=O)(=O)[O-])c4ccccc43)cc2)cc1. The summed E-state index contributed by atoms with van der Waals surface area (Å²) in [6, 6.07) is 33.4. The summed E-state index contributed by atoms with van der Waals surface area (Å²) in [5, 5.41) is 12.5. The molecule has 1 aliphatic heterocycles. The summed E-state index contributed by atoms with van der Waals surface area (Å²) in [6.45, 7) is 0.474. The number of anilines is 2. The summed E-state index contributed by atoms with van der Waals surface area (Å²) in [7, 11) is 3.70. The minimum atomic E-state index is -4.34. The topological polar surface area (TPSA) is 205 Å². The molecule has 4 amide bonds. The maximum atomic E-state index is 12.8. The Morgan fingerprint density at radius 1 is 0.784 bits per heavy atom. The molecular formula is C55H61N8O9S2+.